The largest absolute Gasteiger partial charge is 0.392 e. The molecule has 108 valence electrons. The van der Waals surface area contributed by atoms with Gasteiger partial charge < -0.3 is 10.0 Å². The van der Waals surface area contributed by atoms with Crippen LogP contribution in [0.15, 0.2) is 17.6 Å². The number of hydrogen-bond acceptors (Lipinski definition) is 5. The van der Waals surface area contributed by atoms with Crippen molar-refractivity contribution in [1.29, 1.82) is 0 Å². The van der Waals surface area contributed by atoms with Crippen LogP contribution in [0.4, 0.5) is 5.82 Å². The maximum absolute atomic E-state index is 9.40. The Hall–Kier alpha value is -1.46. The molecule has 0 aliphatic rings. The van der Waals surface area contributed by atoms with Crippen molar-refractivity contribution in [3.05, 3.63) is 39.5 Å². The van der Waals surface area contributed by atoms with Gasteiger partial charge in [-0.05, 0) is 30.5 Å². The molecule has 0 radical (unpaired) electrons. The number of rotatable bonds is 5. The number of hydrogen-bond donors (Lipinski definition) is 1. The van der Waals surface area contributed by atoms with Gasteiger partial charge in [0, 0.05) is 17.6 Å². The van der Waals surface area contributed by atoms with Crippen LogP contribution in [0.3, 0.4) is 0 Å². The Balaban J connectivity index is 2.26. The molecular weight excluding hydrogens is 270 g/mol. The summed E-state index contributed by atoms with van der Waals surface area (Å²) in [5, 5.41) is 9.40. The van der Waals surface area contributed by atoms with Crippen molar-refractivity contribution in [2.24, 2.45) is 0 Å². The van der Waals surface area contributed by atoms with E-state index < -0.39 is 0 Å². The molecule has 2 heterocycles. The fraction of sp³-hybridized carbons (Fsp3) is 0.467. The molecule has 0 atom stereocenters. The fourth-order valence-corrected chi connectivity index (χ4v) is 2.78. The second kappa shape index (κ2) is 6.33. The number of anilines is 1. The number of pyridine rings is 1. The van der Waals surface area contributed by atoms with Gasteiger partial charge in [0.1, 0.15) is 5.82 Å². The van der Waals surface area contributed by atoms with Crippen molar-refractivity contribution < 1.29 is 5.11 Å². The van der Waals surface area contributed by atoms with Crippen molar-refractivity contribution >= 4 is 17.2 Å². The summed E-state index contributed by atoms with van der Waals surface area (Å²) in [5.74, 6) is 1.24. The Morgan fingerprint density at radius 3 is 2.65 bits per heavy atom. The van der Waals surface area contributed by atoms with E-state index in [9.17, 15) is 5.11 Å². The highest BCUT2D eigenvalue weighted by Gasteiger charge is 2.11. The Morgan fingerprint density at radius 1 is 1.35 bits per heavy atom. The van der Waals surface area contributed by atoms with Crippen LogP contribution in [0.5, 0.6) is 0 Å². The predicted molar refractivity (Wildman–Crippen MR) is 83.2 cm³/mol. The standard InChI is InChI=1S/C15H21N3OS/c1-10(2)13-5-12(8-19)6-15(17-13)18(4)7-14-11(3)16-9-20-14/h5-6,9-10,19H,7-8H2,1-4H3. The van der Waals surface area contributed by atoms with Gasteiger partial charge in [-0.1, -0.05) is 13.8 Å². The number of thiazole rings is 1. The number of aromatic nitrogens is 2. The third-order valence-electron chi connectivity index (χ3n) is 3.28. The fourth-order valence-electron chi connectivity index (χ4n) is 1.95. The molecule has 0 bridgehead atoms. The minimum atomic E-state index is 0.0443. The van der Waals surface area contributed by atoms with Crippen molar-refractivity contribution in [3.8, 4) is 0 Å². The molecule has 4 nitrogen and oxygen atoms in total. The van der Waals surface area contributed by atoms with E-state index in [1.807, 2.05) is 31.6 Å². The Bertz CT molecular complexity index is 580. The van der Waals surface area contributed by atoms with Crippen LogP contribution in [-0.4, -0.2) is 22.1 Å². The van der Waals surface area contributed by atoms with Gasteiger partial charge in [-0.3, -0.25) is 0 Å². The lowest BCUT2D eigenvalue weighted by atomic mass is 10.1. The van der Waals surface area contributed by atoms with Crippen molar-refractivity contribution in [1.82, 2.24) is 9.97 Å². The first kappa shape index (κ1) is 14.9. The van der Waals surface area contributed by atoms with Crippen LogP contribution in [0.1, 0.15) is 41.6 Å². The lowest BCUT2D eigenvalue weighted by Gasteiger charge is -2.20. The molecule has 2 rings (SSSR count). The molecule has 2 aromatic heterocycles. The van der Waals surface area contributed by atoms with E-state index in [1.165, 1.54) is 4.88 Å². The minimum Gasteiger partial charge on any atom is -0.392 e. The summed E-state index contributed by atoms with van der Waals surface area (Å²) in [6.45, 7) is 7.08. The third kappa shape index (κ3) is 3.35. The van der Waals surface area contributed by atoms with Crippen LogP contribution in [-0.2, 0) is 13.2 Å². The summed E-state index contributed by atoms with van der Waals surface area (Å²) < 4.78 is 0. The van der Waals surface area contributed by atoms with E-state index >= 15 is 0 Å². The quantitative estimate of drug-likeness (QED) is 0.919. The molecule has 0 saturated carbocycles. The Labute approximate surface area is 124 Å². The van der Waals surface area contributed by atoms with E-state index in [0.717, 1.165) is 29.3 Å². The third-order valence-corrected chi connectivity index (χ3v) is 4.20. The summed E-state index contributed by atoms with van der Waals surface area (Å²) in [6.07, 6.45) is 0. The molecule has 0 aliphatic heterocycles. The summed E-state index contributed by atoms with van der Waals surface area (Å²) in [5.41, 5.74) is 4.87. The highest BCUT2D eigenvalue weighted by Crippen LogP contribution is 2.22. The smallest absolute Gasteiger partial charge is 0.129 e. The van der Waals surface area contributed by atoms with Gasteiger partial charge >= 0.3 is 0 Å². The highest BCUT2D eigenvalue weighted by atomic mass is 32.1. The predicted octanol–water partition coefficient (Wildman–Crippen LogP) is 3.10. The van der Waals surface area contributed by atoms with E-state index in [1.54, 1.807) is 11.3 Å². The average molecular weight is 291 g/mol. The molecule has 0 saturated heterocycles. The van der Waals surface area contributed by atoms with Crippen LogP contribution in [0, 0.1) is 6.92 Å². The number of aliphatic hydroxyl groups excluding tert-OH is 1. The molecule has 0 aliphatic carbocycles. The first-order chi connectivity index (χ1) is 9.51. The van der Waals surface area contributed by atoms with Gasteiger partial charge in [0.25, 0.3) is 0 Å². The normalized spacial score (nSPS) is 11.1. The monoisotopic (exact) mass is 291 g/mol. The van der Waals surface area contributed by atoms with Crippen molar-refractivity contribution in [2.45, 2.75) is 39.8 Å². The zero-order valence-corrected chi connectivity index (χ0v) is 13.2. The Kier molecular flexibility index (Phi) is 4.73. The average Bonchev–Trinajstić information content (AvgIpc) is 2.83. The molecule has 0 spiro atoms. The summed E-state index contributed by atoms with van der Waals surface area (Å²) in [7, 11) is 2.02. The van der Waals surface area contributed by atoms with Crippen molar-refractivity contribution in [3.63, 3.8) is 0 Å². The van der Waals surface area contributed by atoms with Gasteiger partial charge in [-0.25, -0.2) is 9.97 Å². The van der Waals surface area contributed by atoms with E-state index in [4.69, 9.17) is 4.98 Å². The van der Waals surface area contributed by atoms with E-state index in [0.29, 0.717) is 5.92 Å². The minimum absolute atomic E-state index is 0.0443. The Morgan fingerprint density at radius 2 is 2.10 bits per heavy atom. The second-order valence-electron chi connectivity index (χ2n) is 5.29. The molecule has 5 heteroatoms. The first-order valence-electron chi connectivity index (χ1n) is 6.73. The summed E-state index contributed by atoms with van der Waals surface area (Å²) >= 11 is 1.66. The van der Waals surface area contributed by atoms with E-state index in [2.05, 4.69) is 23.7 Å². The van der Waals surface area contributed by atoms with Crippen LogP contribution in [0.25, 0.3) is 0 Å². The maximum atomic E-state index is 9.40. The molecule has 0 unspecified atom stereocenters. The molecular formula is C15H21N3OS. The molecule has 2 aromatic rings. The van der Waals surface area contributed by atoms with Gasteiger partial charge in [-0.15, -0.1) is 11.3 Å². The second-order valence-corrected chi connectivity index (χ2v) is 6.23. The highest BCUT2D eigenvalue weighted by molar-refractivity contribution is 7.09. The molecule has 0 aromatic carbocycles. The van der Waals surface area contributed by atoms with E-state index in [-0.39, 0.29) is 6.61 Å². The molecule has 20 heavy (non-hydrogen) atoms. The number of aryl methyl sites for hydroxylation is 1. The summed E-state index contributed by atoms with van der Waals surface area (Å²) in [6, 6.07) is 3.92. The lowest BCUT2D eigenvalue weighted by Crippen LogP contribution is -2.18. The molecule has 1 N–H and O–H groups in total. The van der Waals surface area contributed by atoms with Gasteiger partial charge in [0.05, 0.1) is 24.4 Å². The zero-order chi connectivity index (χ0) is 14.7. The number of nitrogens with zero attached hydrogens (tertiary/aromatic N) is 3. The lowest BCUT2D eigenvalue weighted by molar-refractivity contribution is 0.281. The van der Waals surface area contributed by atoms with Crippen LogP contribution < -0.4 is 4.90 Å². The molecule has 0 fully saturated rings. The van der Waals surface area contributed by atoms with Gasteiger partial charge in [0.15, 0.2) is 0 Å². The maximum Gasteiger partial charge on any atom is 0.129 e. The molecule has 0 amide bonds. The van der Waals surface area contributed by atoms with Crippen LogP contribution in [0.2, 0.25) is 0 Å². The number of aliphatic hydroxyl groups is 1. The van der Waals surface area contributed by atoms with Gasteiger partial charge in [-0.2, -0.15) is 0 Å². The first-order valence-corrected chi connectivity index (χ1v) is 7.61. The zero-order valence-electron chi connectivity index (χ0n) is 12.4. The van der Waals surface area contributed by atoms with Crippen molar-refractivity contribution in [2.75, 3.05) is 11.9 Å². The van der Waals surface area contributed by atoms with Gasteiger partial charge in [0.2, 0.25) is 0 Å². The summed E-state index contributed by atoms with van der Waals surface area (Å²) in [4.78, 5) is 12.3. The SMILES string of the molecule is Cc1ncsc1CN(C)c1cc(CO)cc(C(C)C)n1. The topological polar surface area (TPSA) is 49.2 Å². The van der Waals surface area contributed by atoms with Crippen LogP contribution >= 0.6 is 11.3 Å².